The van der Waals surface area contributed by atoms with E-state index in [9.17, 15) is 0 Å². The molecule has 3 aromatic rings. The topological polar surface area (TPSA) is 29.8 Å². The van der Waals surface area contributed by atoms with Gasteiger partial charge in [-0.15, -0.1) is 11.3 Å². The van der Waals surface area contributed by atoms with Crippen molar-refractivity contribution in [3.8, 4) is 11.3 Å². The first-order valence-electron chi connectivity index (χ1n) is 8.93. The van der Waals surface area contributed by atoms with Crippen molar-refractivity contribution in [3.05, 3.63) is 69.8 Å². The van der Waals surface area contributed by atoms with Crippen molar-refractivity contribution < 1.29 is 4.74 Å². The van der Waals surface area contributed by atoms with Crippen LogP contribution in [0.2, 0.25) is 0 Å². The zero-order valence-electron chi connectivity index (χ0n) is 15.2. The maximum Gasteiger partial charge on any atom is 0.209 e. The van der Waals surface area contributed by atoms with Gasteiger partial charge in [-0.1, -0.05) is 36.4 Å². The molecule has 5 heteroatoms. The van der Waals surface area contributed by atoms with E-state index in [0.29, 0.717) is 0 Å². The summed E-state index contributed by atoms with van der Waals surface area (Å²) in [6, 6.07) is 16.9. The zero-order chi connectivity index (χ0) is 17.9. The number of aryl methyl sites for hydroxylation is 2. The van der Waals surface area contributed by atoms with E-state index >= 15 is 0 Å². The lowest BCUT2D eigenvalue weighted by atomic mass is 10.1. The number of benzene rings is 2. The lowest BCUT2D eigenvalue weighted by Gasteiger charge is -2.31. The van der Waals surface area contributed by atoms with Gasteiger partial charge in [-0.3, -0.25) is 0 Å². The van der Waals surface area contributed by atoms with Gasteiger partial charge in [-0.05, 0) is 37.1 Å². The summed E-state index contributed by atoms with van der Waals surface area (Å²) >= 11 is 1.68. The van der Waals surface area contributed by atoms with Gasteiger partial charge >= 0.3 is 0 Å². The highest BCUT2D eigenvalue weighted by atomic mass is 32.1. The molecule has 0 aliphatic carbocycles. The zero-order valence-corrected chi connectivity index (χ0v) is 16.0. The Kier molecular flexibility index (Phi) is 4.91. The highest BCUT2D eigenvalue weighted by Gasteiger charge is 2.17. The third-order valence-corrected chi connectivity index (χ3v) is 5.56. The Morgan fingerprint density at radius 1 is 0.962 bits per heavy atom. The molecular formula is C21H23N3OS. The van der Waals surface area contributed by atoms with Crippen molar-refractivity contribution >= 4 is 17.0 Å². The quantitative estimate of drug-likeness (QED) is 0.701. The normalized spacial score (nSPS) is 15.5. The summed E-state index contributed by atoms with van der Waals surface area (Å²) in [5.74, 6) is 0. The molecule has 1 saturated heterocycles. The molecule has 134 valence electrons. The second-order valence-electron chi connectivity index (χ2n) is 6.53. The Bertz CT molecular complexity index is 953. The fraction of sp³-hybridized carbons (Fsp3) is 0.286. The maximum atomic E-state index is 5.55. The molecule has 1 fully saturated rings. The standard InChI is InChI=1S/C21H23N3OS/c1-16-8-9-19(14-17(16)2)22-21-24(23-10-12-25-13-11-23)20(15-26-21)18-6-4-3-5-7-18/h3-9,14-15H,10-13H2,1-2H3. The molecule has 0 bridgehead atoms. The average molecular weight is 366 g/mol. The molecule has 4 rings (SSSR count). The molecule has 1 aliphatic heterocycles. The van der Waals surface area contributed by atoms with Crippen LogP contribution in [-0.4, -0.2) is 31.0 Å². The summed E-state index contributed by atoms with van der Waals surface area (Å²) in [6.07, 6.45) is 0. The number of hydrogen-bond donors (Lipinski definition) is 0. The summed E-state index contributed by atoms with van der Waals surface area (Å²) in [5, 5.41) is 4.53. The molecular weight excluding hydrogens is 342 g/mol. The van der Waals surface area contributed by atoms with E-state index in [1.54, 1.807) is 11.3 Å². The Morgan fingerprint density at radius 2 is 1.73 bits per heavy atom. The fourth-order valence-corrected chi connectivity index (χ4v) is 4.04. The van der Waals surface area contributed by atoms with Crippen LogP contribution in [0, 0.1) is 13.8 Å². The van der Waals surface area contributed by atoms with Gasteiger partial charge in [0.15, 0.2) is 0 Å². The SMILES string of the molecule is Cc1ccc(N=c2scc(-c3ccccc3)n2N2CCOCC2)cc1C. The number of morpholine rings is 1. The summed E-state index contributed by atoms with van der Waals surface area (Å²) in [7, 11) is 0. The highest BCUT2D eigenvalue weighted by Crippen LogP contribution is 2.22. The Balaban J connectivity index is 1.85. The minimum Gasteiger partial charge on any atom is -0.378 e. The van der Waals surface area contributed by atoms with Gasteiger partial charge in [0, 0.05) is 10.9 Å². The minimum absolute atomic E-state index is 0.750. The van der Waals surface area contributed by atoms with E-state index in [2.05, 4.69) is 77.4 Å². The number of ether oxygens (including phenoxy) is 1. The Morgan fingerprint density at radius 3 is 2.46 bits per heavy atom. The van der Waals surface area contributed by atoms with Crippen molar-refractivity contribution in [2.24, 2.45) is 4.99 Å². The molecule has 0 unspecified atom stereocenters. The van der Waals surface area contributed by atoms with E-state index in [0.717, 1.165) is 36.8 Å². The maximum absolute atomic E-state index is 5.55. The lowest BCUT2D eigenvalue weighted by molar-refractivity contribution is 0.111. The summed E-state index contributed by atoms with van der Waals surface area (Å²) in [4.78, 5) is 5.96. The van der Waals surface area contributed by atoms with Gasteiger partial charge in [-0.2, -0.15) is 0 Å². The van der Waals surface area contributed by atoms with Crippen LogP contribution in [0.5, 0.6) is 0 Å². The summed E-state index contributed by atoms with van der Waals surface area (Å²) in [6.45, 7) is 7.51. The molecule has 4 nitrogen and oxygen atoms in total. The number of hydrogen-bond acceptors (Lipinski definition) is 4. The molecule has 0 amide bonds. The largest absolute Gasteiger partial charge is 0.378 e. The van der Waals surface area contributed by atoms with Crippen LogP contribution in [-0.2, 0) is 4.74 Å². The van der Waals surface area contributed by atoms with Crippen LogP contribution in [0.25, 0.3) is 11.3 Å². The third kappa shape index (κ3) is 3.45. The van der Waals surface area contributed by atoms with Crippen LogP contribution in [0.4, 0.5) is 5.69 Å². The Hall–Kier alpha value is -2.37. The van der Waals surface area contributed by atoms with Crippen molar-refractivity contribution in [1.82, 2.24) is 4.68 Å². The van der Waals surface area contributed by atoms with Gasteiger partial charge in [0.2, 0.25) is 4.80 Å². The molecule has 1 aromatic heterocycles. The van der Waals surface area contributed by atoms with Gasteiger partial charge in [0.1, 0.15) is 0 Å². The highest BCUT2D eigenvalue weighted by molar-refractivity contribution is 7.07. The molecule has 0 atom stereocenters. The third-order valence-electron chi connectivity index (χ3n) is 4.74. The first-order valence-corrected chi connectivity index (χ1v) is 9.81. The molecule has 2 aromatic carbocycles. The predicted molar refractivity (Wildman–Crippen MR) is 108 cm³/mol. The van der Waals surface area contributed by atoms with Crippen LogP contribution in [0.1, 0.15) is 11.1 Å². The van der Waals surface area contributed by atoms with E-state index in [-0.39, 0.29) is 0 Å². The van der Waals surface area contributed by atoms with Gasteiger partial charge in [-0.25, -0.2) is 9.67 Å². The van der Waals surface area contributed by atoms with E-state index in [4.69, 9.17) is 9.73 Å². The van der Waals surface area contributed by atoms with E-state index < -0.39 is 0 Å². The van der Waals surface area contributed by atoms with Gasteiger partial charge in [0.25, 0.3) is 0 Å². The van der Waals surface area contributed by atoms with Crippen LogP contribution >= 0.6 is 11.3 Å². The minimum atomic E-state index is 0.750. The van der Waals surface area contributed by atoms with E-state index in [1.165, 1.54) is 22.4 Å². The average Bonchev–Trinajstić information content (AvgIpc) is 3.10. The molecule has 26 heavy (non-hydrogen) atoms. The van der Waals surface area contributed by atoms with Crippen molar-refractivity contribution in [1.29, 1.82) is 0 Å². The number of thiazole rings is 1. The lowest BCUT2D eigenvalue weighted by Crippen LogP contribution is -2.48. The summed E-state index contributed by atoms with van der Waals surface area (Å²) < 4.78 is 7.81. The number of aromatic nitrogens is 1. The van der Waals surface area contributed by atoms with Gasteiger partial charge < -0.3 is 9.75 Å². The summed E-state index contributed by atoms with van der Waals surface area (Å²) in [5.41, 5.74) is 5.94. The first-order chi connectivity index (χ1) is 12.7. The van der Waals surface area contributed by atoms with Gasteiger partial charge in [0.05, 0.1) is 37.7 Å². The first kappa shape index (κ1) is 17.1. The fourth-order valence-electron chi connectivity index (χ4n) is 3.12. The number of rotatable bonds is 3. The molecule has 2 heterocycles. The Labute approximate surface area is 158 Å². The molecule has 0 saturated carbocycles. The smallest absolute Gasteiger partial charge is 0.209 e. The van der Waals surface area contributed by atoms with Crippen molar-refractivity contribution in [3.63, 3.8) is 0 Å². The molecule has 0 radical (unpaired) electrons. The molecule has 0 N–H and O–H groups in total. The van der Waals surface area contributed by atoms with Crippen molar-refractivity contribution in [2.45, 2.75) is 13.8 Å². The van der Waals surface area contributed by atoms with Crippen LogP contribution in [0.15, 0.2) is 58.9 Å². The number of nitrogens with zero attached hydrogens (tertiary/aromatic N) is 3. The second kappa shape index (κ2) is 7.48. The second-order valence-corrected chi connectivity index (χ2v) is 7.36. The molecule has 1 aliphatic rings. The van der Waals surface area contributed by atoms with Crippen LogP contribution < -0.4 is 9.81 Å². The van der Waals surface area contributed by atoms with Crippen molar-refractivity contribution in [2.75, 3.05) is 31.3 Å². The molecule has 0 spiro atoms. The predicted octanol–water partition coefficient (Wildman–Crippen LogP) is 4.03. The van der Waals surface area contributed by atoms with Crippen LogP contribution in [0.3, 0.4) is 0 Å². The monoisotopic (exact) mass is 365 g/mol. The van der Waals surface area contributed by atoms with E-state index in [1.807, 2.05) is 0 Å².